The molecule has 112 valence electrons. The van der Waals surface area contributed by atoms with Crippen LogP contribution in [-0.4, -0.2) is 17.9 Å². The number of rotatable bonds is 3. The van der Waals surface area contributed by atoms with Gasteiger partial charge in [0.2, 0.25) is 0 Å². The summed E-state index contributed by atoms with van der Waals surface area (Å²) in [6, 6.07) is 7.74. The van der Waals surface area contributed by atoms with Crippen molar-refractivity contribution in [3.05, 3.63) is 35.6 Å². The average molecular weight is 288 g/mol. The van der Waals surface area contributed by atoms with Crippen molar-refractivity contribution in [3.63, 3.8) is 0 Å². The summed E-state index contributed by atoms with van der Waals surface area (Å²) >= 11 is 0. The van der Waals surface area contributed by atoms with Gasteiger partial charge in [-0.2, -0.15) is 5.10 Å². The summed E-state index contributed by atoms with van der Waals surface area (Å²) in [5, 5.41) is 4.92. The van der Waals surface area contributed by atoms with Crippen LogP contribution in [0.25, 0.3) is 11.0 Å². The Morgan fingerprint density at radius 1 is 1.38 bits per heavy atom. The minimum Gasteiger partial charge on any atom is -0.460 e. The van der Waals surface area contributed by atoms with Gasteiger partial charge in [-0.1, -0.05) is 25.1 Å². The fourth-order valence-corrected chi connectivity index (χ4v) is 1.97. The lowest BCUT2D eigenvalue weighted by Gasteiger charge is -2.18. The van der Waals surface area contributed by atoms with E-state index in [0.29, 0.717) is 0 Å². The summed E-state index contributed by atoms with van der Waals surface area (Å²) in [4.78, 5) is 11.5. The number of amides is 1. The lowest BCUT2D eigenvalue weighted by atomic mass is 10.1. The number of nitrogens with one attached hydrogen (secondary N) is 1. The van der Waals surface area contributed by atoms with Crippen molar-refractivity contribution in [3.8, 4) is 0 Å². The number of ether oxygens (including phenoxy) is 1. The Morgan fingerprint density at radius 3 is 2.76 bits per heavy atom. The number of carbonyl (C=O) groups excluding carboxylic acids is 1. The summed E-state index contributed by atoms with van der Waals surface area (Å²) < 4.78 is 10.9. The molecule has 0 fully saturated rings. The molecule has 5 nitrogen and oxygen atoms in total. The van der Waals surface area contributed by atoms with Crippen LogP contribution in [0.5, 0.6) is 0 Å². The molecule has 0 spiro atoms. The van der Waals surface area contributed by atoms with Crippen molar-refractivity contribution < 1.29 is 13.9 Å². The van der Waals surface area contributed by atoms with Gasteiger partial charge in [0.05, 0.1) is 6.21 Å². The highest BCUT2D eigenvalue weighted by Gasteiger charge is 2.15. The van der Waals surface area contributed by atoms with Crippen LogP contribution in [-0.2, 0) is 11.2 Å². The van der Waals surface area contributed by atoms with E-state index in [1.54, 1.807) is 27.0 Å². The molecule has 2 rings (SSSR count). The standard InChI is InChI=1S/C16H20N2O3/c1-5-13-12(11-8-6-7-9-14(11)20-13)10-17-18-15(19)21-16(2,3)4/h6-10H,5H2,1-4H3,(H,18,19)/b17-10-. The lowest BCUT2D eigenvalue weighted by molar-refractivity contribution is 0.0529. The number of fused-ring (bicyclic) bond motifs is 1. The van der Waals surface area contributed by atoms with Gasteiger partial charge < -0.3 is 9.15 Å². The maximum atomic E-state index is 11.5. The van der Waals surface area contributed by atoms with Crippen LogP contribution in [0.1, 0.15) is 39.0 Å². The van der Waals surface area contributed by atoms with Crippen LogP contribution in [0.4, 0.5) is 4.79 Å². The molecule has 2 aromatic rings. The van der Waals surface area contributed by atoms with Gasteiger partial charge in [-0.3, -0.25) is 0 Å². The third kappa shape index (κ3) is 3.84. The van der Waals surface area contributed by atoms with Gasteiger partial charge in [-0.25, -0.2) is 10.2 Å². The van der Waals surface area contributed by atoms with Gasteiger partial charge in [-0.15, -0.1) is 0 Å². The number of nitrogens with zero attached hydrogens (tertiary/aromatic N) is 1. The normalized spacial score (nSPS) is 12.0. The lowest BCUT2D eigenvalue weighted by Crippen LogP contribution is -2.29. The zero-order valence-electron chi connectivity index (χ0n) is 12.8. The monoisotopic (exact) mass is 288 g/mol. The van der Waals surface area contributed by atoms with Gasteiger partial charge in [0.15, 0.2) is 0 Å². The van der Waals surface area contributed by atoms with Crippen molar-refractivity contribution >= 4 is 23.3 Å². The van der Waals surface area contributed by atoms with Crippen molar-refractivity contribution in [2.45, 2.75) is 39.7 Å². The fourth-order valence-electron chi connectivity index (χ4n) is 1.97. The largest absolute Gasteiger partial charge is 0.460 e. The number of carbonyl (C=O) groups is 1. The summed E-state index contributed by atoms with van der Waals surface area (Å²) in [5.74, 6) is 0.839. The minimum absolute atomic E-state index is 0.545. The SMILES string of the molecule is CCc1oc2ccccc2c1/C=N\NC(=O)OC(C)(C)C. The molecule has 0 bridgehead atoms. The number of benzene rings is 1. The molecule has 0 aliphatic carbocycles. The summed E-state index contributed by atoms with van der Waals surface area (Å²) in [6.07, 6.45) is 1.77. The molecule has 5 heteroatoms. The second-order valence-electron chi connectivity index (χ2n) is 5.66. The third-order valence-corrected chi connectivity index (χ3v) is 2.78. The molecule has 1 aromatic carbocycles. The van der Waals surface area contributed by atoms with E-state index in [1.165, 1.54) is 0 Å². The van der Waals surface area contributed by atoms with Crippen LogP contribution < -0.4 is 5.43 Å². The maximum absolute atomic E-state index is 11.5. The quantitative estimate of drug-likeness (QED) is 0.689. The number of furan rings is 1. The second-order valence-corrected chi connectivity index (χ2v) is 5.66. The topological polar surface area (TPSA) is 63.8 Å². The molecule has 0 saturated carbocycles. The molecule has 1 amide bonds. The molecule has 0 unspecified atom stereocenters. The zero-order chi connectivity index (χ0) is 15.5. The van der Waals surface area contributed by atoms with Crippen molar-refractivity contribution in [2.24, 2.45) is 5.10 Å². The highest BCUT2D eigenvalue weighted by atomic mass is 16.6. The number of hydrogen-bond acceptors (Lipinski definition) is 4. The van der Waals surface area contributed by atoms with Crippen LogP contribution in [0.15, 0.2) is 33.8 Å². The Labute approximate surface area is 124 Å². The molecular formula is C16H20N2O3. The highest BCUT2D eigenvalue weighted by Crippen LogP contribution is 2.24. The third-order valence-electron chi connectivity index (χ3n) is 2.78. The predicted octanol–water partition coefficient (Wildman–Crippen LogP) is 3.85. The molecule has 1 heterocycles. The molecule has 0 radical (unpaired) electrons. The van der Waals surface area contributed by atoms with Crippen LogP contribution in [0, 0.1) is 0 Å². The second kappa shape index (κ2) is 5.99. The van der Waals surface area contributed by atoms with E-state index in [9.17, 15) is 4.79 Å². The highest BCUT2D eigenvalue weighted by molar-refractivity contribution is 5.99. The van der Waals surface area contributed by atoms with Gasteiger partial charge in [0.25, 0.3) is 0 Å². The van der Waals surface area contributed by atoms with E-state index >= 15 is 0 Å². The molecule has 0 aliphatic rings. The fraction of sp³-hybridized carbons (Fsp3) is 0.375. The van der Waals surface area contributed by atoms with Gasteiger partial charge >= 0.3 is 6.09 Å². The first-order valence-electron chi connectivity index (χ1n) is 6.93. The Balaban J connectivity index is 2.16. The molecular weight excluding hydrogens is 268 g/mol. The number of para-hydroxylation sites is 1. The molecule has 21 heavy (non-hydrogen) atoms. The van der Waals surface area contributed by atoms with E-state index in [0.717, 1.165) is 28.7 Å². The van der Waals surface area contributed by atoms with E-state index in [2.05, 4.69) is 10.5 Å². The number of hydrogen-bond donors (Lipinski definition) is 1. The molecule has 0 saturated heterocycles. The van der Waals surface area contributed by atoms with E-state index in [1.807, 2.05) is 31.2 Å². The van der Waals surface area contributed by atoms with E-state index in [4.69, 9.17) is 9.15 Å². The summed E-state index contributed by atoms with van der Waals surface area (Å²) in [7, 11) is 0. The summed E-state index contributed by atoms with van der Waals surface area (Å²) in [5.41, 5.74) is 3.51. The van der Waals surface area contributed by atoms with Gasteiger partial charge in [0.1, 0.15) is 16.9 Å². The molecule has 1 N–H and O–H groups in total. The Hall–Kier alpha value is -2.30. The molecule has 0 atom stereocenters. The van der Waals surface area contributed by atoms with Crippen molar-refractivity contribution in [2.75, 3.05) is 0 Å². The van der Waals surface area contributed by atoms with Crippen molar-refractivity contribution in [1.29, 1.82) is 0 Å². The van der Waals surface area contributed by atoms with Gasteiger partial charge in [0, 0.05) is 17.4 Å². The summed E-state index contributed by atoms with van der Waals surface area (Å²) in [6.45, 7) is 7.41. The first kappa shape index (κ1) is 15.1. The van der Waals surface area contributed by atoms with Gasteiger partial charge in [-0.05, 0) is 26.8 Å². The Morgan fingerprint density at radius 2 is 2.10 bits per heavy atom. The zero-order valence-corrected chi connectivity index (χ0v) is 12.8. The Kier molecular flexibility index (Phi) is 4.31. The predicted molar refractivity (Wildman–Crippen MR) is 82.6 cm³/mol. The minimum atomic E-state index is -0.579. The van der Waals surface area contributed by atoms with Crippen molar-refractivity contribution in [1.82, 2.24) is 5.43 Å². The molecule has 1 aromatic heterocycles. The van der Waals surface area contributed by atoms with E-state index < -0.39 is 11.7 Å². The van der Waals surface area contributed by atoms with Crippen LogP contribution in [0.2, 0.25) is 0 Å². The first-order valence-corrected chi connectivity index (χ1v) is 6.93. The van der Waals surface area contributed by atoms with Crippen LogP contribution in [0.3, 0.4) is 0 Å². The maximum Gasteiger partial charge on any atom is 0.428 e. The Bertz CT molecular complexity index is 666. The first-order chi connectivity index (χ1) is 9.90. The smallest absolute Gasteiger partial charge is 0.428 e. The number of hydrazone groups is 1. The van der Waals surface area contributed by atoms with E-state index in [-0.39, 0.29) is 0 Å². The number of aryl methyl sites for hydroxylation is 1. The molecule has 0 aliphatic heterocycles. The average Bonchev–Trinajstić information content (AvgIpc) is 2.75. The van der Waals surface area contributed by atoms with Crippen LogP contribution >= 0.6 is 0 Å².